The molecule has 1 atom stereocenters. The van der Waals surface area contributed by atoms with Crippen molar-refractivity contribution in [2.24, 2.45) is 18.9 Å². The van der Waals surface area contributed by atoms with Crippen molar-refractivity contribution in [1.82, 2.24) is 14.5 Å². The van der Waals surface area contributed by atoms with Crippen LogP contribution in [-0.4, -0.2) is 24.7 Å². The van der Waals surface area contributed by atoms with E-state index >= 15 is 0 Å². The van der Waals surface area contributed by atoms with Crippen molar-refractivity contribution < 1.29 is 8.42 Å². The first kappa shape index (κ1) is 16.7. The maximum absolute atomic E-state index is 12.3. The summed E-state index contributed by atoms with van der Waals surface area (Å²) in [5, 5.41) is 3.91. The zero-order valence-corrected chi connectivity index (χ0v) is 14.0. The third-order valence-corrected chi connectivity index (χ3v) is 5.19. The SMILES string of the molecule is CC(C)[C@@H](CNS(=O)(=O)c1cnn(C)c1)Cc1ccccc1. The van der Waals surface area contributed by atoms with Crippen LogP contribution in [-0.2, 0) is 23.5 Å². The van der Waals surface area contributed by atoms with Gasteiger partial charge in [0.2, 0.25) is 10.0 Å². The molecule has 2 rings (SSSR count). The largest absolute Gasteiger partial charge is 0.274 e. The molecule has 5 nitrogen and oxygen atoms in total. The van der Waals surface area contributed by atoms with Gasteiger partial charge < -0.3 is 0 Å². The molecule has 1 aromatic carbocycles. The van der Waals surface area contributed by atoms with Crippen molar-refractivity contribution in [1.29, 1.82) is 0 Å². The predicted molar refractivity (Wildman–Crippen MR) is 86.9 cm³/mol. The lowest BCUT2D eigenvalue weighted by Crippen LogP contribution is -2.32. The van der Waals surface area contributed by atoms with Crippen LogP contribution < -0.4 is 4.72 Å². The fourth-order valence-electron chi connectivity index (χ4n) is 2.30. The second-order valence-electron chi connectivity index (χ2n) is 5.90. The van der Waals surface area contributed by atoms with Crippen molar-refractivity contribution in [2.75, 3.05) is 6.54 Å². The average Bonchev–Trinajstić information content (AvgIpc) is 2.92. The topological polar surface area (TPSA) is 64.0 Å². The number of rotatable bonds is 7. The second-order valence-corrected chi connectivity index (χ2v) is 7.66. The minimum absolute atomic E-state index is 0.206. The molecule has 0 amide bonds. The van der Waals surface area contributed by atoms with Crippen molar-refractivity contribution in [3.05, 3.63) is 48.3 Å². The lowest BCUT2D eigenvalue weighted by atomic mass is 9.89. The van der Waals surface area contributed by atoms with Crippen LogP contribution in [0.2, 0.25) is 0 Å². The Balaban J connectivity index is 2.03. The lowest BCUT2D eigenvalue weighted by Gasteiger charge is -2.21. The molecular formula is C16H23N3O2S. The van der Waals surface area contributed by atoms with E-state index in [4.69, 9.17) is 0 Å². The smallest absolute Gasteiger partial charge is 0.243 e. The fourth-order valence-corrected chi connectivity index (χ4v) is 3.38. The van der Waals surface area contributed by atoms with Crippen LogP contribution in [0, 0.1) is 11.8 Å². The normalized spacial score (nSPS) is 13.5. The van der Waals surface area contributed by atoms with Crippen LogP contribution in [0.1, 0.15) is 19.4 Å². The zero-order valence-electron chi connectivity index (χ0n) is 13.2. The molecule has 22 heavy (non-hydrogen) atoms. The van der Waals surface area contributed by atoms with Crippen LogP contribution >= 0.6 is 0 Å². The molecule has 1 heterocycles. The third-order valence-electron chi connectivity index (χ3n) is 3.81. The number of benzene rings is 1. The van der Waals surface area contributed by atoms with Gasteiger partial charge in [-0.3, -0.25) is 4.68 Å². The Kier molecular flexibility index (Phi) is 5.37. The molecule has 0 spiro atoms. The highest BCUT2D eigenvalue weighted by atomic mass is 32.2. The van der Waals surface area contributed by atoms with E-state index in [1.807, 2.05) is 18.2 Å². The number of aromatic nitrogens is 2. The summed E-state index contributed by atoms with van der Waals surface area (Å²) in [6.07, 6.45) is 3.72. The van der Waals surface area contributed by atoms with Gasteiger partial charge in [-0.1, -0.05) is 44.2 Å². The Morgan fingerprint density at radius 1 is 1.23 bits per heavy atom. The van der Waals surface area contributed by atoms with Gasteiger partial charge in [0, 0.05) is 19.8 Å². The van der Waals surface area contributed by atoms with Crippen molar-refractivity contribution >= 4 is 10.0 Å². The number of nitrogens with zero attached hydrogens (tertiary/aromatic N) is 2. The predicted octanol–water partition coefficient (Wildman–Crippen LogP) is 2.21. The zero-order chi connectivity index (χ0) is 16.2. The summed E-state index contributed by atoms with van der Waals surface area (Å²) in [7, 11) is -1.79. The molecule has 0 fully saturated rings. The molecule has 1 aromatic heterocycles. The molecule has 0 unspecified atom stereocenters. The van der Waals surface area contributed by atoms with Crippen LogP contribution in [0.25, 0.3) is 0 Å². The van der Waals surface area contributed by atoms with E-state index in [9.17, 15) is 8.42 Å². The van der Waals surface area contributed by atoms with E-state index in [2.05, 4.69) is 35.8 Å². The summed E-state index contributed by atoms with van der Waals surface area (Å²) in [5.41, 5.74) is 1.22. The summed E-state index contributed by atoms with van der Waals surface area (Å²) in [4.78, 5) is 0.206. The summed E-state index contributed by atoms with van der Waals surface area (Å²) in [6, 6.07) is 10.1. The molecule has 0 aliphatic rings. The molecular weight excluding hydrogens is 298 g/mol. The molecule has 0 saturated heterocycles. The molecule has 1 N–H and O–H groups in total. The highest BCUT2D eigenvalue weighted by Crippen LogP contribution is 2.17. The van der Waals surface area contributed by atoms with E-state index < -0.39 is 10.0 Å². The minimum Gasteiger partial charge on any atom is -0.274 e. The van der Waals surface area contributed by atoms with E-state index in [1.165, 1.54) is 22.6 Å². The van der Waals surface area contributed by atoms with E-state index in [0.717, 1.165) is 6.42 Å². The van der Waals surface area contributed by atoms with E-state index in [1.54, 1.807) is 7.05 Å². The van der Waals surface area contributed by atoms with Crippen LogP contribution in [0.3, 0.4) is 0 Å². The Morgan fingerprint density at radius 2 is 1.91 bits per heavy atom. The van der Waals surface area contributed by atoms with Gasteiger partial charge in [-0.25, -0.2) is 13.1 Å². The molecule has 0 bridgehead atoms. The average molecular weight is 321 g/mol. The summed E-state index contributed by atoms with van der Waals surface area (Å²) in [6.45, 7) is 4.65. The van der Waals surface area contributed by atoms with Crippen LogP contribution in [0.15, 0.2) is 47.6 Å². The monoisotopic (exact) mass is 321 g/mol. The summed E-state index contributed by atoms with van der Waals surface area (Å²) >= 11 is 0. The molecule has 0 radical (unpaired) electrons. The maximum atomic E-state index is 12.3. The molecule has 2 aromatic rings. The third kappa shape index (κ3) is 4.42. The number of hydrogen-bond donors (Lipinski definition) is 1. The fraction of sp³-hybridized carbons (Fsp3) is 0.438. The maximum Gasteiger partial charge on any atom is 0.243 e. The van der Waals surface area contributed by atoms with Gasteiger partial charge in [-0.2, -0.15) is 5.10 Å². The Labute approximate surface area is 132 Å². The van der Waals surface area contributed by atoms with E-state index in [-0.39, 0.29) is 10.8 Å². The van der Waals surface area contributed by atoms with Gasteiger partial charge >= 0.3 is 0 Å². The van der Waals surface area contributed by atoms with Crippen molar-refractivity contribution in [3.8, 4) is 0 Å². The van der Waals surface area contributed by atoms with Gasteiger partial charge in [0.1, 0.15) is 4.90 Å². The Bertz CT molecular complexity index is 693. The molecule has 0 aliphatic heterocycles. The number of nitrogens with one attached hydrogen (secondary N) is 1. The quantitative estimate of drug-likeness (QED) is 0.850. The first-order valence-electron chi connectivity index (χ1n) is 7.40. The van der Waals surface area contributed by atoms with Crippen molar-refractivity contribution in [2.45, 2.75) is 25.2 Å². The number of aryl methyl sites for hydroxylation is 1. The standard InChI is InChI=1S/C16H23N3O2S/c1-13(2)15(9-14-7-5-4-6-8-14)10-18-22(20,21)16-11-17-19(3)12-16/h4-8,11-13,15,18H,9-10H2,1-3H3/t15-/m1/s1. The van der Waals surface area contributed by atoms with E-state index in [0.29, 0.717) is 12.5 Å². The van der Waals surface area contributed by atoms with Gasteiger partial charge in [-0.15, -0.1) is 0 Å². The minimum atomic E-state index is -3.49. The van der Waals surface area contributed by atoms with Crippen molar-refractivity contribution in [3.63, 3.8) is 0 Å². The number of hydrogen-bond acceptors (Lipinski definition) is 3. The molecule has 0 saturated carbocycles. The van der Waals surface area contributed by atoms with Crippen LogP contribution in [0.4, 0.5) is 0 Å². The van der Waals surface area contributed by atoms with Gasteiger partial charge in [-0.05, 0) is 23.8 Å². The number of sulfonamides is 1. The van der Waals surface area contributed by atoms with Gasteiger partial charge in [0.05, 0.1) is 6.20 Å². The first-order chi connectivity index (χ1) is 10.4. The molecule has 0 aliphatic carbocycles. The molecule has 120 valence electrons. The Morgan fingerprint density at radius 3 is 2.45 bits per heavy atom. The highest BCUT2D eigenvalue weighted by Gasteiger charge is 2.20. The van der Waals surface area contributed by atoms with Gasteiger partial charge in [0.25, 0.3) is 0 Å². The summed E-state index contributed by atoms with van der Waals surface area (Å²) < 4.78 is 28.7. The van der Waals surface area contributed by atoms with Crippen LogP contribution in [0.5, 0.6) is 0 Å². The summed E-state index contributed by atoms with van der Waals surface area (Å²) in [5.74, 6) is 0.630. The lowest BCUT2D eigenvalue weighted by molar-refractivity contribution is 0.379. The Hall–Kier alpha value is -1.66. The molecule has 6 heteroatoms. The highest BCUT2D eigenvalue weighted by molar-refractivity contribution is 7.89. The van der Waals surface area contributed by atoms with Gasteiger partial charge in [0.15, 0.2) is 0 Å². The second kappa shape index (κ2) is 7.07. The first-order valence-corrected chi connectivity index (χ1v) is 8.89.